The molecule has 3 aromatic carbocycles. The van der Waals surface area contributed by atoms with E-state index in [1.807, 2.05) is 19.9 Å². The SMILES string of the molecule is Cc1ccc(C(=O)Nc2ccc(N3CCCC3=O)cc2)cc1S(=O)(=O)Nc1cccc(C)c1C. The van der Waals surface area contributed by atoms with Crippen molar-refractivity contribution < 1.29 is 18.0 Å². The van der Waals surface area contributed by atoms with E-state index >= 15 is 0 Å². The number of carbonyl (C=O) groups excluding carboxylic acids is 2. The van der Waals surface area contributed by atoms with Gasteiger partial charge in [0, 0.05) is 29.9 Å². The molecular weight excluding hydrogens is 450 g/mol. The third-order valence-electron chi connectivity index (χ3n) is 6.10. The third-order valence-corrected chi connectivity index (χ3v) is 7.61. The highest BCUT2D eigenvalue weighted by molar-refractivity contribution is 7.92. The molecule has 8 heteroatoms. The molecule has 0 spiro atoms. The fourth-order valence-electron chi connectivity index (χ4n) is 3.94. The molecule has 0 unspecified atom stereocenters. The molecule has 7 nitrogen and oxygen atoms in total. The largest absolute Gasteiger partial charge is 0.322 e. The zero-order chi connectivity index (χ0) is 24.5. The quantitative estimate of drug-likeness (QED) is 0.534. The molecule has 0 atom stereocenters. The molecule has 2 N–H and O–H groups in total. The highest BCUT2D eigenvalue weighted by atomic mass is 32.2. The van der Waals surface area contributed by atoms with Crippen LogP contribution in [0.15, 0.2) is 65.6 Å². The summed E-state index contributed by atoms with van der Waals surface area (Å²) in [5, 5.41) is 2.79. The Labute approximate surface area is 199 Å². The lowest BCUT2D eigenvalue weighted by Gasteiger charge is -2.16. The molecule has 34 heavy (non-hydrogen) atoms. The van der Waals surface area contributed by atoms with E-state index in [2.05, 4.69) is 10.0 Å². The number of aryl methyl sites for hydroxylation is 2. The second-order valence-electron chi connectivity index (χ2n) is 8.48. The van der Waals surface area contributed by atoms with Crippen LogP contribution in [0.2, 0.25) is 0 Å². The Morgan fingerprint density at radius 3 is 2.35 bits per heavy atom. The first kappa shape index (κ1) is 23.5. The minimum absolute atomic E-state index is 0.0453. The lowest BCUT2D eigenvalue weighted by atomic mass is 10.1. The van der Waals surface area contributed by atoms with Gasteiger partial charge in [0.1, 0.15) is 0 Å². The van der Waals surface area contributed by atoms with Crippen LogP contribution < -0.4 is 14.9 Å². The Morgan fingerprint density at radius 1 is 0.941 bits per heavy atom. The van der Waals surface area contributed by atoms with Crippen molar-refractivity contribution in [2.75, 3.05) is 21.5 Å². The number of amides is 2. The normalized spacial score (nSPS) is 13.7. The molecule has 1 heterocycles. The maximum Gasteiger partial charge on any atom is 0.262 e. The lowest BCUT2D eigenvalue weighted by Crippen LogP contribution is -2.23. The fourth-order valence-corrected chi connectivity index (χ4v) is 5.34. The van der Waals surface area contributed by atoms with E-state index < -0.39 is 15.9 Å². The number of carbonyl (C=O) groups is 2. The first-order valence-electron chi connectivity index (χ1n) is 11.1. The maximum absolute atomic E-state index is 13.1. The van der Waals surface area contributed by atoms with Crippen LogP contribution in [0.1, 0.15) is 39.9 Å². The van der Waals surface area contributed by atoms with Crippen molar-refractivity contribution in [3.05, 3.63) is 82.9 Å². The summed E-state index contributed by atoms with van der Waals surface area (Å²) in [6, 6.07) is 17.1. The number of hydrogen-bond acceptors (Lipinski definition) is 4. The van der Waals surface area contributed by atoms with Crippen LogP contribution in [0, 0.1) is 20.8 Å². The highest BCUT2D eigenvalue weighted by Gasteiger charge is 2.22. The Kier molecular flexibility index (Phi) is 6.43. The van der Waals surface area contributed by atoms with E-state index in [1.54, 1.807) is 60.4 Å². The zero-order valence-electron chi connectivity index (χ0n) is 19.4. The van der Waals surface area contributed by atoms with Gasteiger partial charge in [0.05, 0.1) is 10.6 Å². The van der Waals surface area contributed by atoms with E-state index in [0.29, 0.717) is 29.9 Å². The van der Waals surface area contributed by atoms with Gasteiger partial charge in [0.25, 0.3) is 15.9 Å². The second-order valence-corrected chi connectivity index (χ2v) is 10.1. The monoisotopic (exact) mass is 477 g/mol. The van der Waals surface area contributed by atoms with Gasteiger partial charge in [0.2, 0.25) is 5.91 Å². The van der Waals surface area contributed by atoms with Gasteiger partial charge in [-0.15, -0.1) is 0 Å². The summed E-state index contributed by atoms with van der Waals surface area (Å²) in [5.41, 5.74) is 4.44. The smallest absolute Gasteiger partial charge is 0.262 e. The van der Waals surface area contributed by atoms with Gasteiger partial charge in [-0.05, 0) is 86.3 Å². The van der Waals surface area contributed by atoms with Gasteiger partial charge >= 0.3 is 0 Å². The molecule has 1 aliphatic heterocycles. The minimum Gasteiger partial charge on any atom is -0.322 e. The molecule has 0 aliphatic carbocycles. The summed E-state index contributed by atoms with van der Waals surface area (Å²) < 4.78 is 28.9. The molecule has 3 aromatic rings. The number of hydrogen-bond donors (Lipinski definition) is 2. The summed E-state index contributed by atoms with van der Waals surface area (Å²) >= 11 is 0. The van der Waals surface area contributed by atoms with Crippen LogP contribution in [0.3, 0.4) is 0 Å². The average molecular weight is 478 g/mol. The number of sulfonamides is 1. The molecule has 4 rings (SSSR count). The van der Waals surface area contributed by atoms with Crippen LogP contribution in [0.4, 0.5) is 17.1 Å². The first-order chi connectivity index (χ1) is 16.2. The van der Waals surface area contributed by atoms with Gasteiger partial charge in [-0.3, -0.25) is 14.3 Å². The number of benzene rings is 3. The summed E-state index contributed by atoms with van der Waals surface area (Å²) in [4.78, 5) is 26.6. The van der Waals surface area contributed by atoms with Crippen LogP contribution in [-0.2, 0) is 14.8 Å². The van der Waals surface area contributed by atoms with Gasteiger partial charge < -0.3 is 10.2 Å². The molecular formula is C26H27N3O4S. The van der Waals surface area contributed by atoms with Crippen molar-refractivity contribution in [3.63, 3.8) is 0 Å². The Bertz CT molecular complexity index is 1370. The van der Waals surface area contributed by atoms with Crippen LogP contribution >= 0.6 is 0 Å². The molecule has 0 bridgehead atoms. The van der Waals surface area contributed by atoms with Crippen molar-refractivity contribution in [2.45, 2.75) is 38.5 Å². The summed E-state index contributed by atoms with van der Waals surface area (Å²) in [5.74, 6) is -0.326. The minimum atomic E-state index is -3.90. The van der Waals surface area contributed by atoms with Crippen molar-refractivity contribution in [1.82, 2.24) is 0 Å². The second kappa shape index (κ2) is 9.30. The van der Waals surface area contributed by atoms with Gasteiger partial charge in [-0.1, -0.05) is 18.2 Å². The highest BCUT2D eigenvalue weighted by Crippen LogP contribution is 2.26. The predicted molar refractivity (Wildman–Crippen MR) is 134 cm³/mol. The van der Waals surface area contributed by atoms with Gasteiger partial charge in [-0.25, -0.2) is 8.42 Å². The average Bonchev–Trinajstić information content (AvgIpc) is 3.23. The van der Waals surface area contributed by atoms with E-state index in [-0.39, 0.29) is 16.4 Å². The summed E-state index contributed by atoms with van der Waals surface area (Å²) in [6.45, 7) is 6.16. The molecule has 1 aliphatic rings. The van der Waals surface area contributed by atoms with E-state index in [1.165, 1.54) is 6.07 Å². The van der Waals surface area contributed by atoms with Crippen molar-refractivity contribution in [2.24, 2.45) is 0 Å². The van der Waals surface area contributed by atoms with Crippen molar-refractivity contribution >= 4 is 38.9 Å². The van der Waals surface area contributed by atoms with E-state index in [0.717, 1.165) is 23.2 Å². The predicted octanol–water partition coefficient (Wildman–Crippen LogP) is 4.79. The first-order valence-corrected chi connectivity index (χ1v) is 12.6. The Hall–Kier alpha value is -3.65. The summed E-state index contributed by atoms with van der Waals surface area (Å²) in [6.07, 6.45) is 1.39. The molecule has 0 radical (unpaired) electrons. The Morgan fingerprint density at radius 2 is 1.68 bits per heavy atom. The fraction of sp³-hybridized carbons (Fsp3) is 0.231. The Balaban J connectivity index is 1.53. The van der Waals surface area contributed by atoms with Gasteiger partial charge in [-0.2, -0.15) is 0 Å². The molecule has 1 fully saturated rings. The standard InChI is InChI=1S/C26H27N3O4S/c1-17-6-4-7-23(19(17)3)28-34(32,33)24-16-20(10-9-18(24)2)26(31)27-21-11-13-22(14-12-21)29-15-5-8-25(29)30/h4,6-7,9-14,16,28H,5,8,15H2,1-3H3,(H,27,31). The van der Waals surface area contributed by atoms with Crippen LogP contribution in [-0.4, -0.2) is 26.8 Å². The topological polar surface area (TPSA) is 95.6 Å². The summed E-state index contributed by atoms with van der Waals surface area (Å²) in [7, 11) is -3.90. The van der Waals surface area contributed by atoms with Crippen molar-refractivity contribution in [1.29, 1.82) is 0 Å². The molecule has 0 saturated carbocycles. The molecule has 176 valence electrons. The lowest BCUT2D eigenvalue weighted by molar-refractivity contribution is -0.117. The molecule has 2 amide bonds. The van der Waals surface area contributed by atoms with E-state index in [4.69, 9.17) is 0 Å². The maximum atomic E-state index is 13.1. The number of nitrogens with zero attached hydrogens (tertiary/aromatic N) is 1. The third kappa shape index (κ3) is 4.82. The van der Waals surface area contributed by atoms with Crippen molar-refractivity contribution in [3.8, 4) is 0 Å². The molecule has 1 saturated heterocycles. The van der Waals surface area contributed by atoms with Crippen LogP contribution in [0.5, 0.6) is 0 Å². The number of rotatable bonds is 6. The van der Waals surface area contributed by atoms with Gasteiger partial charge in [0.15, 0.2) is 0 Å². The molecule has 0 aromatic heterocycles. The zero-order valence-corrected chi connectivity index (χ0v) is 20.2. The van der Waals surface area contributed by atoms with Crippen LogP contribution in [0.25, 0.3) is 0 Å². The number of nitrogens with one attached hydrogen (secondary N) is 2. The van der Waals surface area contributed by atoms with E-state index in [9.17, 15) is 18.0 Å². The number of anilines is 3.